The van der Waals surface area contributed by atoms with Crippen LogP contribution in [0.1, 0.15) is 31.8 Å². The molecule has 0 bridgehead atoms. The van der Waals surface area contributed by atoms with E-state index in [1.165, 1.54) is 0 Å². The van der Waals surface area contributed by atoms with Crippen molar-refractivity contribution in [2.24, 2.45) is 11.5 Å². The molecule has 0 saturated heterocycles. The third-order valence-corrected chi connectivity index (χ3v) is 4.91. The van der Waals surface area contributed by atoms with Gasteiger partial charge >= 0.3 is 0 Å². The maximum Gasteiger partial charge on any atom is 0.249 e. The Bertz CT molecular complexity index is 1240. The van der Waals surface area contributed by atoms with Gasteiger partial charge in [0.2, 0.25) is 11.8 Å². The summed E-state index contributed by atoms with van der Waals surface area (Å²) in [5.74, 6) is -1.03. The van der Waals surface area contributed by atoms with Gasteiger partial charge in [-0.05, 0) is 47.5 Å². The topological polar surface area (TPSA) is 111 Å². The lowest BCUT2D eigenvalue weighted by atomic mass is 10.0. The lowest BCUT2D eigenvalue weighted by molar-refractivity contribution is 0.0992. The number of hydrogen-bond donors (Lipinski definition) is 3. The molecule has 4 rings (SSSR count). The number of hydrogen-bond acceptors (Lipinski definition) is 3. The molecule has 2 amide bonds. The fraction of sp³-hybridized carbons (Fsp3) is 0.0909. The van der Waals surface area contributed by atoms with Crippen LogP contribution in [0.25, 0.3) is 21.8 Å². The molecule has 6 heteroatoms. The molecular formula is C22H18N3O3. The predicted octanol–water partition coefficient (Wildman–Crippen LogP) is 2.33. The van der Waals surface area contributed by atoms with E-state index in [0.29, 0.717) is 28.6 Å². The van der Waals surface area contributed by atoms with Crippen molar-refractivity contribution < 1.29 is 14.7 Å². The van der Waals surface area contributed by atoms with Crippen molar-refractivity contribution in [2.45, 2.75) is 13.2 Å². The molecule has 0 aliphatic heterocycles. The van der Waals surface area contributed by atoms with Gasteiger partial charge in [0, 0.05) is 28.4 Å². The summed E-state index contributed by atoms with van der Waals surface area (Å²) >= 11 is 0. The van der Waals surface area contributed by atoms with Crippen LogP contribution >= 0.6 is 0 Å². The molecule has 6 nitrogen and oxygen atoms in total. The first kappa shape index (κ1) is 17.8. The van der Waals surface area contributed by atoms with E-state index in [4.69, 9.17) is 11.5 Å². The number of carbonyl (C=O) groups is 2. The maximum atomic E-state index is 12.0. The fourth-order valence-electron chi connectivity index (χ4n) is 3.63. The molecule has 1 heterocycles. The van der Waals surface area contributed by atoms with E-state index in [0.717, 1.165) is 22.0 Å². The number of aliphatic hydroxyl groups excluding tert-OH is 1. The third kappa shape index (κ3) is 2.80. The van der Waals surface area contributed by atoms with Crippen LogP contribution < -0.4 is 11.5 Å². The van der Waals surface area contributed by atoms with Crippen LogP contribution in [0.4, 0.5) is 0 Å². The summed E-state index contributed by atoms with van der Waals surface area (Å²) in [7, 11) is 0. The van der Waals surface area contributed by atoms with E-state index in [9.17, 15) is 14.7 Å². The van der Waals surface area contributed by atoms with Gasteiger partial charge in [-0.1, -0.05) is 24.3 Å². The quantitative estimate of drug-likeness (QED) is 0.500. The Balaban J connectivity index is 2.05. The molecule has 4 aromatic rings. The summed E-state index contributed by atoms with van der Waals surface area (Å²) in [4.78, 5) is 23.8. The summed E-state index contributed by atoms with van der Waals surface area (Å²) < 4.78 is 1.98. The molecule has 139 valence electrons. The van der Waals surface area contributed by atoms with E-state index in [2.05, 4.69) is 6.07 Å². The zero-order valence-electron chi connectivity index (χ0n) is 15.0. The molecule has 0 atom stereocenters. The van der Waals surface area contributed by atoms with E-state index in [1.54, 1.807) is 30.3 Å². The van der Waals surface area contributed by atoms with Crippen LogP contribution in [-0.2, 0) is 13.2 Å². The number of amides is 2. The zero-order chi connectivity index (χ0) is 19.8. The second kappa shape index (κ2) is 6.83. The van der Waals surface area contributed by atoms with Crippen LogP contribution in [0.5, 0.6) is 0 Å². The van der Waals surface area contributed by atoms with Crippen LogP contribution in [0.2, 0.25) is 0 Å². The Morgan fingerprint density at radius 3 is 2.39 bits per heavy atom. The summed E-state index contributed by atoms with van der Waals surface area (Å²) in [5.41, 5.74) is 15.0. The molecular weight excluding hydrogens is 354 g/mol. The zero-order valence-corrected chi connectivity index (χ0v) is 15.0. The molecule has 0 fully saturated rings. The van der Waals surface area contributed by atoms with Crippen molar-refractivity contribution in [3.05, 3.63) is 82.9 Å². The van der Waals surface area contributed by atoms with Gasteiger partial charge in [0.1, 0.15) is 0 Å². The maximum absolute atomic E-state index is 12.0. The third-order valence-electron chi connectivity index (χ3n) is 4.91. The largest absolute Gasteiger partial charge is 0.392 e. The average Bonchev–Trinajstić information content (AvgIpc) is 3.01. The second-order valence-electron chi connectivity index (χ2n) is 6.60. The average molecular weight is 372 g/mol. The highest BCUT2D eigenvalue weighted by atomic mass is 16.3. The first-order valence-corrected chi connectivity index (χ1v) is 8.75. The molecule has 0 unspecified atom stereocenters. The minimum absolute atomic E-state index is 0.130. The Labute approximate surface area is 161 Å². The summed E-state index contributed by atoms with van der Waals surface area (Å²) in [6.07, 6.45) is 0. The molecule has 0 saturated carbocycles. The van der Waals surface area contributed by atoms with Gasteiger partial charge in [0.05, 0.1) is 17.6 Å². The summed E-state index contributed by atoms with van der Waals surface area (Å²) in [5, 5.41) is 11.0. The Morgan fingerprint density at radius 1 is 0.964 bits per heavy atom. The summed E-state index contributed by atoms with van der Waals surface area (Å²) in [6.45, 7) is 0.235. The van der Waals surface area contributed by atoms with Gasteiger partial charge in [-0.3, -0.25) is 9.59 Å². The number of nitrogens with zero attached hydrogens (tertiary/aromatic N) is 1. The van der Waals surface area contributed by atoms with E-state index in [-0.39, 0.29) is 6.61 Å². The first-order valence-electron chi connectivity index (χ1n) is 8.75. The van der Waals surface area contributed by atoms with E-state index < -0.39 is 11.8 Å². The molecule has 3 aromatic carbocycles. The van der Waals surface area contributed by atoms with E-state index >= 15 is 0 Å². The molecule has 5 N–H and O–H groups in total. The van der Waals surface area contributed by atoms with Gasteiger partial charge < -0.3 is 21.1 Å². The molecule has 0 aliphatic rings. The molecule has 1 radical (unpaired) electrons. The van der Waals surface area contributed by atoms with Crippen molar-refractivity contribution in [3.8, 4) is 0 Å². The van der Waals surface area contributed by atoms with Crippen molar-refractivity contribution in [1.82, 2.24) is 4.57 Å². The standard InChI is InChI=1S/C22H18N3O3/c23-21(27)15-5-2-1-4-14(15)11-25-18-7-3-6-17(22(24)28)20(18)16-9-8-13(12-26)10-19(16)25/h1-8,10,26H,11-12H2,(H2,23,27)(H2,24,28). The van der Waals surface area contributed by atoms with Crippen LogP contribution in [0, 0.1) is 6.07 Å². The van der Waals surface area contributed by atoms with Crippen molar-refractivity contribution >= 4 is 33.6 Å². The monoisotopic (exact) mass is 372 g/mol. The fourth-order valence-corrected chi connectivity index (χ4v) is 3.63. The molecule has 0 spiro atoms. The highest BCUT2D eigenvalue weighted by molar-refractivity contribution is 6.17. The highest BCUT2D eigenvalue weighted by Gasteiger charge is 2.18. The normalized spacial score (nSPS) is 11.2. The Kier molecular flexibility index (Phi) is 4.33. The van der Waals surface area contributed by atoms with E-state index in [1.807, 2.05) is 28.8 Å². The van der Waals surface area contributed by atoms with Gasteiger partial charge in [-0.2, -0.15) is 0 Å². The van der Waals surface area contributed by atoms with Gasteiger partial charge in [0.15, 0.2) is 0 Å². The molecule has 1 aromatic heterocycles. The number of aliphatic hydroxyl groups is 1. The molecule has 28 heavy (non-hydrogen) atoms. The van der Waals surface area contributed by atoms with Crippen molar-refractivity contribution in [3.63, 3.8) is 0 Å². The van der Waals surface area contributed by atoms with Crippen LogP contribution in [0.3, 0.4) is 0 Å². The number of primary amides is 2. The predicted molar refractivity (Wildman–Crippen MR) is 107 cm³/mol. The van der Waals surface area contributed by atoms with Crippen LogP contribution in [-0.4, -0.2) is 21.5 Å². The smallest absolute Gasteiger partial charge is 0.249 e. The minimum Gasteiger partial charge on any atom is -0.392 e. The highest BCUT2D eigenvalue weighted by Crippen LogP contribution is 2.33. The molecule has 0 aliphatic carbocycles. The lowest BCUT2D eigenvalue weighted by Gasteiger charge is -2.11. The number of benzene rings is 3. The SMILES string of the molecule is NC(=O)c1ccccc1Cn1c2cc(CO)c[c]c2c2c(C(N)=O)cccc21. The first-order chi connectivity index (χ1) is 13.5. The van der Waals surface area contributed by atoms with Gasteiger partial charge in [0.25, 0.3) is 0 Å². The Morgan fingerprint density at radius 2 is 1.68 bits per heavy atom. The van der Waals surface area contributed by atoms with Crippen molar-refractivity contribution in [1.29, 1.82) is 0 Å². The minimum atomic E-state index is -0.526. The number of fused-ring (bicyclic) bond motifs is 3. The Hall–Kier alpha value is -3.64. The summed E-state index contributed by atoms with van der Waals surface area (Å²) in [6, 6.07) is 19.2. The number of nitrogens with two attached hydrogens (primary N) is 2. The van der Waals surface area contributed by atoms with Gasteiger partial charge in [-0.15, -0.1) is 0 Å². The van der Waals surface area contributed by atoms with Crippen molar-refractivity contribution in [2.75, 3.05) is 0 Å². The number of rotatable bonds is 5. The van der Waals surface area contributed by atoms with Gasteiger partial charge in [-0.25, -0.2) is 0 Å². The second-order valence-corrected chi connectivity index (χ2v) is 6.60. The number of aromatic nitrogens is 1. The van der Waals surface area contributed by atoms with Crippen LogP contribution in [0.15, 0.2) is 54.6 Å². The number of carbonyl (C=O) groups excluding carboxylic acids is 2. The lowest BCUT2D eigenvalue weighted by Crippen LogP contribution is -2.15.